The van der Waals surface area contributed by atoms with Crippen LogP contribution in [0.4, 0.5) is 28.3 Å². The summed E-state index contributed by atoms with van der Waals surface area (Å²) in [5.74, 6) is 1.63. The van der Waals surface area contributed by atoms with E-state index in [1.807, 2.05) is 28.2 Å². The highest BCUT2D eigenvalue weighted by atomic mass is 16.3. The first-order valence-corrected chi connectivity index (χ1v) is 25.2. The Kier molecular flexibility index (Phi) is 14.8. The van der Waals surface area contributed by atoms with Crippen LogP contribution in [-0.4, -0.2) is 216 Å². The first-order chi connectivity index (χ1) is 36.0. The second kappa shape index (κ2) is 21.9. The van der Waals surface area contributed by atoms with Gasteiger partial charge in [0, 0.05) is 76.3 Å². The molecule has 8 heterocycles. The highest BCUT2D eigenvalue weighted by Crippen LogP contribution is 2.36. The fourth-order valence-electron chi connectivity index (χ4n) is 10.3. The van der Waals surface area contributed by atoms with E-state index in [2.05, 4.69) is 67.7 Å². The number of aromatic nitrogens is 16. The number of tetrazole rings is 2. The summed E-state index contributed by atoms with van der Waals surface area (Å²) in [5.41, 5.74) is 1.98. The average molecular weight is 1030 g/mol. The predicted octanol–water partition coefficient (Wildman–Crippen LogP) is -2.57. The van der Waals surface area contributed by atoms with Gasteiger partial charge in [0.1, 0.15) is 25.4 Å². The van der Waals surface area contributed by atoms with Crippen LogP contribution in [0.15, 0.2) is 12.7 Å². The van der Waals surface area contributed by atoms with Gasteiger partial charge in [-0.2, -0.15) is 29.5 Å². The third-order valence-electron chi connectivity index (χ3n) is 14.1. The number of aryl methyl sites for hydroxylation is 2. The Morgan fingerprint density at radius 2 is 1.19 bits per heavy atom. The van der Waals surface area contributed by atoms with Crippen molar-refractivity contribution in [3.63, 3.8) is 0 Å². The molecule has 10 rings (SSSR count). The van der Waals surface area contributed by atoms with Crippen LogP contribution < -0.4 is 31.9 Å². The summed E-state index contributed by atoms with van der Waals surface area (Å²) in [6.45, 7) is 6.36. The molecule has 6 aromatic heterocycles. The van der Waals surface area contributed by atoms with Crippen molar-refractivity contribution < 1.29 is 34.8 Å². The van der Waals surface area contributed by atoms with Gasteiger partial charge in [0.25, 0.3) is 0 Å². The minimum absolute atomic E-state index is 0.00918. The molecule has 396 valence electrons. The lowest BCUT2D eigenvalue weighted by molar-refractivity contribution is -0.125. The Balaban J connectivity index is 0.815. The summed E-state index contributed by atoms with van der Waals surface area (Å²) in [6.07, 6.45) is 5.23. The second-order valence-corrected chi connectivity index (χ2v) is 19.0. The maximum atomic E-state index is 14.2. The summed E-state index contributed by atoms with van der Waals surface area (Å²) in [7, 11) is 0. The minimum Gasteiger partial charge on any atom is -0.388 e. The number of nitrogens with zero attached hydrogens (tertiary/aromatic N) is 18. The van der Waals surface area contributed by atoms with Crippen LogP contribution in [0.2, 0.25) is 0 Å². The summed E-state index contributed by atoms with van der Waals surface area (Å²) in [6, 6.07) is -2.06. The molecule has 31 nitrogen and oxygen atoms in total. The zero-order valence-corrected chi connectivity index (χ0v) is 41.1. The van der Waals surface area contributed by atoms with E-state index in [-0.39, 0.29) is 42.6 Å². The van der Waals surface area contributed by atoms with Crippen LogP contribution >= 0.6 is 0 Å². The first kappa shape index (κ1) is 50.0. The number of imidazole rings is 2. The molecule has 4 amide bonds. The Morgan fingerprint density at radius 1 is 0.649 bits per heavy atom. The standard InChI is InChI=1S/C43H62N24O7/c1-3-66-58-29(56-60-66)7-11-44-41-52-37(33-39(54-41)64(21-46-33)26-6-5-23(15-26)48-31(70)19-68)49-24-9-13-62(17-24)43(74)63-14-10-25(18-63)50-38-34-40(55-42(53-38)45-12-8-30-57-61-67(4-2)59-30)65(22-47-34)28-16-27(35(72)36(28)73)51-32(71)20-69/h21-28,35-36,68-69,72-73H,3-20H2,1-2H3,(H,48,70)(H,51,71)(H2,44,49,52,54)(H2,45,50,53,55)/t23-,24-,25-,26+,27+,28-,35-,36+/m1/s1. The molecule has 0 radical (unpaired) electrons. The van der Waals surface area contributed by atoms with Crippen molar-refractivity contribution in [2.24, 2.45) is 0 Å². The van der Waals surface area contributed by atoms with Crippen molar-refractivity contribution >= 4 is 63.7 Å². The zero-order chi connectivity index (χ0) is 51.5. The number of nitrogens with one attached hydrogen (secondary N) is 6. The van der Waals surface area contributed by atoms with Gasteiger partial charge in [0.2, 0.25) is 23.7 Å². The fraction of sp³-hybridized carbons (Fsp3) is 0.651. The zero-order valence-electron chi connectivity index (χ0n) is 41.1. The normalized spacial score (nSPS) is 23.8. The summed E-state index contributed by atoms with van der Waals surface area (Å²) >= 11 is 0. The molecule has 0 bridgehead atoms. The van der Waals surface area contributed by atoms with Gasteiger partial charge in [0.05, 0.1) is 37.8 Å². The summed E-state index contributed by atoms with van der Waals surface area (Å²) in [5, 5.41) is 84.8. The van der Waals surface area contributed by atoms with Crippen molar-refractivity contribution in [2.75, 3.05) is 73.7 Å². The molecule has 4 aliphatic rings. The van der Waals surface area contributed by atoms with Gasteiger partial charge >= 0.3 is 6.03 Å². The third kappa shape index (κ3) is 10.8. The average Bonchev–Trinajstić information content (AvgIpc) is 4.27. The number of likely N-dealkylation sites (tertiary alicyclic amines) is 2. The van der Waals surface area contributed by atoms with Crippen molar-refractivity contribution in [1.82, 2.24) is 99.9 Å². The van der Waals surface area contributed by atoms with Gasteiger partial charge in [-0.1, -0.05) is 0 Å². The predicted molar refractivity (Wildman–Crippen MR) is 261 cm³/mol. The number of aliphatic hydroxyl groups excluding tert-OH is 4. The number of urea groups is 1. The van der Waals surface area contributed by atoms with Crippen LogP contribution in [0.25, 0.3) is 22.3 Å². The fourth-order valence-corrected chi connectivity index (χ4v) is 10.3. The Labute approximate surface area is 422 Å². The minimum atomic E-state index is -1.30. The SMILES string of the molecule is CCn1nnc(CCNc2nc(N[C@@H]3CCN(C(=O)N4CC[C@@H](Nc5nc(NCCc6nnn(CC)n6)nc6c5ncn6[C@@H]5C[C@H](NC(=O)CO)[C@@H](O)[C@H]5O)C4)C3)c3ncn([C@H]4CC[C@@H](NC(=O)CO)C4)c3n2)n1. The summed E-state index contributed by atoms with van der Waals surface area (Å²) < 4.78 is 3.68. The molecule has 0 unspecified atom stereocenters. The number of aliphatic hydroxyl groups is 4. The van der Waals surface area contributed by atoms with Crippen LogP contribution in [0.5, 0.6) is 0 Å². The first-order valence-electron chi connectivity index (χ1n) is 25.2. The van der Waals surface area contributed by atoms with Crippen molar-refractivity contribution in [2.45, 2.75) is 127 Å². The quantitative estimate of drug-likeness (QED) is 0.0376. The van der Waals surface area contributed by atoms with E-state index in [9.17, 15) is 34.8 Å². The highest BCUT2D eigenvalue weighted by molar-refractivity contribution is 5.86. The van der Waals surface area contributed by atoms with E-state index in [4.69, 9.17) is 24.9 Å². The molecule has 6 aromatic rings. The van der Waals surface area contributed by atoms with Crippen LogP contribution in [0.1, 0.15) is 76.1 Å². The lowest BCUT2D eigenvalue weighted by atomic mass is 10.2. The molecule has 74 heavy (non-hydrogen) atoms. The summed E-state index contributed by atoms with van der Waals surface area (Å²) in [4.78, 5) is 73.7. The Bertz CT molecular complexity index is 2940. The van der Waals surface area contributed by atoms with Gasteiger partial charge < -0.3 is 71.3 Å². The number of carbonyl (C=O) groups is 3. The second-order valence-electron chi connectivity index (χ2n) is 19.0. The number of anilines is 4. The van der Waals surface area contributed by atoms with Crippen molar-refractivity contribution in [3.8, 4) is 0 Å². The van der Waals surface area contributed by atoms with E-state index in [0.29, 0.717) is 136 Å². The molecule has 2 aliphatic carbocycles. The largest absolute Gasteiger partial charge is 0.388 e. The van der Waals surface area contributed by atoms with E-state index >= 15 is 0 Å². The van der Waals surface area contributed by atoms with Gasteiger partial charge in [-0.3, -0.25) is 9.59 Å². The third-order valence-corrected chi connectivity index (χ3v) is 14.1. The van der Waals surface area contributed by atoms with E-state index < -0.39 is 49.3 Å². The Hall–Kier alpha value is -7.51. The van der Waals surface area contributed by atoms with Gasteiger partial charge in [-0.15, -0.1) is 20.4 Å². The lowest BCUT2D eigenvalue weighted by Gasteiger charge is -2.25. The van der Waals surface area contributed by atoms with Crippen LogP contribution in [0, 0.1) is 0 Å². The van der Waals surface area contributed by atoms with Crippen molar-refractivity contribution in [3.05, 3.63) is 24.3 Å². The number of rotatable bonds is 20. The molecule has 2 saturated heterocycles. The molecule has 2 aliphatic heterocycles. The number of hydrogen-bond donors (Lipinski definition) is 10. The van der Waals surface area contributed by atoms with E-state index in [1.165, 1.54) is 15.9 Å². The Morgan fingerprint density at radius 3 is 1.73 bits per heavy atom. The monoisotopic (exact) mass is 1030 g/mol. The number of carbonyl (C=O) groups excluding carboxylic acids is 3. The molecular formula is C43H62N24O7. The number of hydrogen-bond acceptors (Lipinski definition) is 23. The molecule has 10 N–H and O–H groups in total. The molecule has 4 fully saturated rings. The van der Waals surface area contributed by atoms with E-state index in [1.54, 1.807) is 10.9 Å². The van der Waals surface area contributed by atoms with E-state index in [0.717, 1.165) is 12.8 Å². The topological polar surface area (TPSA) is 385 Å². The molecule has 31 heteroatoms. The van der Waals surface area contributed by atoms with Crippen LogP contribution in [0.3, 0.4) is 0 Å². The van der Waals surface area contributed by atoms with Crippen LogP contribution in [-0.2, 0) is 35.5 Å². The lowest BCUT2D eigenvalue weighted by Crippen LogP contribution is -2.44. The number of amides is 4. The maximum Gasteiger partial charge on any atom is 0.320 e. The molecular weight excluding hydrogens is 965 g/mol. The van der Waals surface area contributed by atoms with Gasteiger partial charge in [0.15, 0.2) is 45.6 Å². The molecule has 0 aromatic carbocycles. The maximum absolute atomic E-state index is 14.2. The smallest absolute Gasteiger partial charge is 0.320 e. The van der Waals surface area contributed by atoms with Gasteiger partial charge in [-0.25, -0.2) is 14.8 Å². The number of fused-ring (bicyclic) bond motifs is 2. The molecule has 0 spiro atoms. The van der Waals surface area contributed by atoms with Gasteiger partial charge in [-0.05, 0) is 62.8 Å². The highest BCUT2D eigenvalue weighted by Gasteiger charge is 2.44. The van der Waals surface area contributed by atoms with Crippen molar-refractivity contribution in [1.29, 1.82) is 0 Å². The molecule has 2 saturated carbocycles. The molecule has 8 atom stereocenters.